The molecule has 10 rings (SSSR count). The maximum Gasteiger partial charge on any atom is 0.298 e. The molecule has 2 atom stereocenters. The molecule has 0 radical (unpaired) electrons. The van der Waals surface area contributed by atoms with Crippen LogP contribution in [0.25, 0.3) is 52.1 Å². The van der Waals surface area contributed by atoms with E-state index in [1.807, 2.05) is 26.1 Å². The summed E-state index contributed by atoms with van der Waals surface area (Å²) in [5, 5.41) is 11.5. The van der Waals surface area contributed by atoms with Gasteiger partial charge in [-0.3, -0.25) is 9.59 Å². The molecule has 16 nitrogen and oxygen atoms in total. The van der Waals surface area contributed by atoms with Crippen LogP contribution in [-0.4, -0.2) is 105 Å². The first-order valence-corrected chi connectivity index (χ1v) is 24.6. The Bertz CT molecular complexity index is 3510. The number of hydrogen-bond donors (Lipinski definition) is 2. The van der Waals surface area contributed by atoms with Gasteiger partial charge in [-0.05, 0) is 97.2 Å². The van der Waals surface area contributed by atoms with Crippen LogP contribution in [0.1, 0.15) is 71.7 Å². The highest BCUT2D eigenvalue weighted by Crippen LogP contribution is 2.48. The van der Waals surface area contributed by atoms with E-state index in [4.69, 9.17) is 35.5 Å². The van der Waals surface area contributed by atoms with Crippen molar-refractivity contribution in [3.05, 3.63) is 82.7 Å². The summed E-state index contributed by atoms with van der Waals surface area (Å²) in [5.41, 5.74) is 22.5. The summed E-state index contributed by atoms with van der Waals surface area (Å²) >= 11 is 3.24. The molecular weight excluding hydrogens is 925 g/mol. The largest absolute Gasteiger partial charge is 0.495 e. The van der Waals surface area contributed by atoms with E-state index in [9.17, 15) is 9.59 Å². The van der Waals surface area contributed by atoms with Crippen LogP contribution < -0.4 is 20.9 Å². The molecular formula is C52H52N10O6S2. The number of methoxy groups -OCH3 is 4. The molecule has 0 bridgehead atoms. The first-order valence-electron chi connectivity index (χ1n) is 23.0. The van der Waals surface area contributed by atoms with Gasteiger partial charge >= 0.3 is 0 Å². The molecule has 0 saturated carbocycles. The van der Waals surface area contributed by atoms with Gasteiger partial charge in [0.25, 0.3) is 11.8 Å². The van der Waals surface area contributed by atoms with Gasteiger partial charge in [-0.25, -0.2) is 19.0 Å². The Kier molecular flexibility index (Phi) is 12.8. The normalized spacial score (nSPS) is 15.8. The molecule has 6 aromatic heterocycles. The van der Waals surface area contributed by atoms with E-state index in [2.05, 4.69) is 69.9 Å². The van der Waals surface area contributed by atoms with Crippen LogP contribution >= 0.6 is 22.7 Å². The Hall–Kier alpha value is -7.22. The number of carbonyl (C=O) groups excluding carboxylic acids is 2. The summed E-state index contributed by atoms with van der Waals surface area (Å²) in [5.74, 6) is 13.3. The second kappa shape index (κ2) is 19.3. The third-order valence-corrected chi connectivity index (χ3v) is 15.7. The van der Waals surface area contributed by atoms with Crippen LogP contribution in [-0.2, 0) is 38.7 Å². The zero-order valence-electron chi connectivity index (χ0n) is 39.8. The fourth-order valence-electron chi connectivity index (χ4n) is 10.4. The van der Waals surface area contributed by atoms with Gasteiger partial charge in [0.15, 0.2) is 11.6 Å². The summed E-state index contributed by atoms with van der Waals surface area (Å²) in [6, 6.07) is 12.7. The Morgan fingerprint density at radius 2 is 1.23 bits per heavy atom. The van der Waals surface area contributed by atoms with Gasteiger partial charge in [0.1, 0.15) is 35.2 Å². The van der Waals surface area contributed by atoms with E-state index in [0.717, 1.165) is 105 Å². The first kappa shape index (κ1) is 46.5. The van der Waals surface area contributed by atoms with E-state index >= 15 is 0 Å². The van der Waals surface area contributed by atoms with Gasteiger partial charge in [0.05, 0.1) is 48.2 Å². The van der Waals surface area contributed by atoms with Crippen molar-refractivity contribution in [2.75, 3.05) is 66.1 Å². The molecule has 2 aliphatic heterocycles. The SMILES string of the molecule is CC#CC(=O)N1CC[C@@H](c2c(COC)c(-c3cc4cc(CCC#CC(=O)N5CC[C@H](c6c(COC)c(-c7cc8cc(C)cc(OC)c8s7)c7c(N)ncnn67)C5)cc(OC)c4s3)c3c(N)ncnn23)C1. The number of amides is 2. The number of nitrogens with two attached hydrogens (primary N) is 2. The molecule has 2 fully saturated rings. The zero-order valence-corrected chi connectivity index (χ0v) is 41.5. The van der Waals surface area contributed by atoms with Crippen molar-refractivity contribution < 1.29 is 28.5 Å². The molecule has 2 saturated heterocycles. The van der Waals surface area contributed by atoms with Gasteiger partial charge < -0.3 is 40.2 Å². The molecule has 2 amide bonds. The smallest absolute Gasteiger partial charge is 0.298 e. The number of ether oxygens (including phenoxy) is 4. The first-order chi connectivity index (χ1) is 34.0. The molecule has 0 spiro atoms. The van der Waals surface area contributed by atoms with Gasteiger partial charge in [0, 0.05) is 90.7 Å². The maximum atomic E-state index is 13.7. The summed E-state index contributed by atoms with van der Waals surface area (Å²) < 4.78 is 29.2. The number of hydrogen-bond acceptors (Lipinski definition) is 14. The molecule has 18 heteroatoms. The second-order valence-corrected chi connectivity index (χ2v) is 19.7. The number of anilines is 2. The van der Waals surface area contributed by atoms with Crippen molar-refractivity contribution in [1.82, 2.24) is 39.0 Å². The van der Waals surface area contributed by atoms with Crippen LogP contribution in [0.3, 0.4) is 0 Å². The van der Waals surface area contributed by atoms with Gasteiger partial charge in [0.2, 0.25) is 0 Å². The van der Waals surface area contributed by atoms with Crippen molar-refractivity contribution in [2.24, 2.45) is 0 Å². The number of rotatable bonds is 12. The molecule has 2 aromatic carbocycles. The highest BCUT2D eigenvalue weighted by molar-refractivity contribution is 7.23. The Balaban J connectivity index is 0.891. The maximum absolute atomic E-state index is 13.7. The lowest BCUT2D eigenvalue weighted by Crippen LogP contribution is -2.27. The third kappa shape index (κ3) is 8.20. The summed E-state index contributed by atoms with van der Waals surface area (Å²) in [4.78, 5) is 40.9. The lowest BCUT2D eigenvalue weighted by atomic mass is 9.98. The van der Waals surface area contributed by atoms with E-state index in [1.54, 1.807) is 62.9 Å². The molecule has 8 aromatic rings. The molecule has 0 unspecified atom stereocenters. The standard InChI is InChI=1S/C52H52N10O6S2/c1-7-10-41(63)59-15-13-31(23-59)45-36(26-66-4)44(48-52(54)56-28-57-61(45)48)40-22-34-19-30(20-38(68-6)50(34)70-40)11-8-9-12-42(64)60-16-14-32(24-60)46-35(25-65-3)43(47-51(53)55-27-58-62(46)47)39-21-33-17-29(2)18-37(67-5)49(33)69-39/h17-22,27-28,31-32H,8,11,13-16,23-26H2,1-6H3,(H2,53,55,58)(H2,54,56,57)/t31-,32+/m1/s1. The van der Waals surface area contributed by atoms with Gasteiger partial charge in [-0.1, -0.05) is 17.9 Å². The van der Waals surface area contributed by atoms with Crippen LogP contribution in [0, 0.1) is 30.6 Å². The van der Waals surface area contributed by atoms with Crippen molar-refractivity contribution in [2.45, 2.75) is 64.6 Å². The predicted molar refractivity (Wildman–Crippen MR) is 273 cm³/mol. The third-order valence-electron chi connectivity index (χ3n) is 13.4. The fraction of sp³-hybridized carbons (Fsp3) is 0.346. The number of nitrogen functional groups attached to an aromatic ring is 2. The topological polar surface area (TPSA) is 190 Å². The number of aromatic nitrogens is 6. The number of aryl methyl sites for hydroxylation is 2. The lowest BCUT2D eigenvalue weighted by molar-refractivity contribution is -0.124. The number of nitrogens with zero attached hydrogens (tertiary/aromatic N) is 8. The summed E-state index contributed by atoms with van der Waals surface area (Å²) in [6.07, 6.45) is 5.49. The minimum atomic E-state index is -0.214. The number of fused-ring (bicyclic) bond motifs is 4. The Morgan fingerprint density at radius 1 is 0.714 bits per heavy atom. The Labute approximate surface area is 412 Å². The summed E-state index contributed by atoms with van der Waals surface area (Å²) in [6.45, 7) is 6.49. The molecule has 0 aliphatic carbocycles. The zero-order chi connectivity index (χ0) is 48.8. The average Bonchev–Trinajstić information content (AvgIpc) is 4.22. The van der Waals surface area contributed by atoms with E-state index in [1.165, 1.54) is 12.7 Å². The number of benzene rings is 2. The number of carbonyl (C=O) groups is 2. The average molecular weight is 977 g/mol. The second-order valence-electron chi connectivity index (χ2n) is 17.6. The van der Waals surface area contributed by atoms with Crippen LogP contribution in [0.5, 0.6) is 11.5 Å². The minimum Gasteiger partial charge on any atom is -0.495 e. The van der Waals surface area contributed by atoms with Crippen molar-refractivity contribution in [1.29, 1.82) is 0 Å². The van der Waals surface area contributed by atoms with Crippen LogP contribution in [0.4, 0.5) is 11.6 Å². The van der Waals surface area contributed by atoms with Crippen LogP contribution in [0.2, 0.25) is 0 Å². The van der Waals surface area contributed by atoms with E-state index in [0.29, 0.717) is 69.4 Å². The molecule has 8 heterocycles. The van der Waals surface area contributed by atoms with Gasteiger partial charge in [-0.2, -0.15) is 10.2 Å². The van der Waals surface area contributed by atoms with E-state index in [-0.39, 0.29) is 23.7 Å². The van der Waals surface area contributed by atoms with Crippen LogP contribution in [0.15, 0.2) is 49.1 Å². The fourth-order valence-corrected chi connectivity index (χ4v) is 12.8. The molecule has 2 aliphatic rings. The van der Waals surface area contributed by atoms with Crippen molar-refractivity contribution in [3.8, 4) is 56.1 Å². The number of thiophene rings is 2. The van der Waals surface area contributed by atoms with Gasteiger partial charge in [-0.15, -0.1) is 22.7 Å². The highest BCUT2D eigenvalue weighted by atomic mass is 32.1. The highest BCUT2D eigenvalue weighted by Gasteiger charge is 2.36. The number of likely N-dealkylation sites (tertiary alicyclic amines) is 2. The predicted octanol–water partition coefficient (Wildman–Crippen LogP) is 7.61. The molecule has 70 heavy (non-hydrogen) atoms. The molecule has 358 valence electrons. The van der Waals surface area contributed by atoms with Crippen molar-refractivity contribution in [3.63, 3.8) is 0 Å². The monoisotopic (exact) mass is 976 g/mol. The lowest BCUT2D eigenvalue weighted by Gasteiger charge is -2.15. The van der Waals surface area contributed by atoms with E-state index < -0.39 is 0 Å². The quantitative estimate of drug-likeness (QED) is 0.114. The minimum absolute atomic E-state index is 0.0103. The van der Waals surface area contributed by atoms with Crippen molar-refractivity contribution >= 4 is 77.3 Å². The summed E-state index contributed by atoms with van der Waals surface area (Å²) in [7, 11) is 6.71. The Morgan fingerprint density at radius 3 is 1.74 bits per heavy atom. The molecule has 4 N–H and O–H groups in total.